The number of hydrogen-bond donors (Lipinski definition) is 4. The Morgan fingerprint density at radius 3 is 1.67 bits per heavy atom. The first-order valence-corrected chi connectivity index (χ1v) is 9.34. The molecule has 0 aromatic heterocycles. The summed E-state index contributed by atoms with van der Waals surface area (Å²) >= 11 is 3.02. The SMILES string of the molecule is OCCCNSc1ccc(Oc2ccc(SNCCO)cc2)cc1. The predicted molar refractivity (Wildman–Crippen MR) is 99.5 cm³/mol. The molecule has 0 aliphatic carbocycles. The molecule has 0 saturated heterocycles. The van der Waals surface area contributed by atoms with Gasteiger partial charge in [0.25, 0.3) is 0 Å². The van der Waals surface area contributed by atoms with Gasteiger partial charge in [-0.2, -0.15) is 0 Å². The summed E-state index contributed by atoms with van der Waals surface area (Å²) in [5, 5.41) is 17.5. The molecule has 5 nitrogen and oxygen atoms in total. The van der Waals surface area contributed by atoms with Crippen molar-refractivity contribution in [3.8, 4) is 11.5 Å². The lowest BCUT2D eigenvalue weighted by atomic mass is 10.3. The van der Waals surface area contributed by atoms with E-state index in [0.29, 0.717) is 6.54 Å². The summed E-state index contributed by atoms with van der Waals surface area (Å²) in [5.74, 6) is 1.57. The number of nitrogens with one attached hydrogen (secondary N) is 2. The Morgan fingerprint density at radius 1 is 0.708 bits per heavy atom. The zero-order chi connectivity index (χ0) is 17.0. The van der Waals surface area contributed by atoms with Gasteiger partial charge in [-0.05, 0) is 78.8 Å². The Morgan fingerprint density at radius 2 is 1.21 bits per heavy atom. The highest BCUT2D eigenvalue weighted by Gasteiger charge is 2.00. The van der Waals surface area contributed by atoms with E-state index >= 15 is 0 Å². The normalized spacial score (nSPS) is 10.8. The number of aliphatic hydroxyl groups excluding tert-OH is 2. The van der Waals surface area contributed by atoms with Gasteiger partial charge in [0.2, 0.25) is 0 Å². The van der Waals surface area contributed by atoms with E-state index in [0.717, 1.165) is 34.3 Å². The number of aliphatic hydroxyl groups is 2. The Hall–Kier alpha value is -1.22. The van der Waals surface area contributed by atoms with Gasteiger partial charge in [0.1, 0.15) is 11.5 Å². The molecule has 2 rings (SSSR count). The number of hydrogen-bond acceptors (Lipinski definition) is 7. The summed E-state index contributed by atoms with van der Waals surface area (Å²) in [7, 11) is 0. The second kappa shape index (κ2) is 11.4. The van der Waals surface area contributed by atoms with Gasteiger partial charge in [-0.1, -0.05) is 0 Å². The molecule has 0 aliphatic rings. The van der Waals surface area contributed by atoms with E-state index < -0.39 is 0 Å². The van der Waals surface area contributed by atoms with Crippen molar-refractivity contribution in [2.75, 3.05) is 26.3 Å². The lowest BCUT2D eigenvalue weighted by Gasteiger charge is -2.08. The topological polar surface area (TPSA) is 73.8 Å². The van der Waals surface area contributed by atoms with E-state index in [-0.39, 0.29) is 13.2 Å². The van der Waals surface area contributed by atoms with Crippen LogP contribution < -0.4 is 14.2 Å². The molecule has 130 valence electrons. The van der Waals surface area contributed by atoms with Crippen molar-refractivity contribution >= 4 is 23.9 Å². The van der Waals surface area contributed by atoms with Crippen LogP contribution in [-0.2, 0) is 0 Å². The van der Waals surface area contributed by atoms with Crippen LogP contribution in [0.2, 0.25) is 0 Å². The molecule has 0 radical (unpaired) electrons. The average Bonchev–Trinajstić information content (AvgIpc) is 2.62. The standard InChI is InChI=1S/C17H22N2O3S2/c20-12-1-10-18-23-16-6-2-14(3-7-16)22-15-4-8-17(9-5-15)24-19-11-13-21/h2-9,18-21H,1,10-13H2. The molecular weight excluding hydrogens is 344 g/mol. The van der Waals surface area contributed by atoms with Crippen LogP contribution in [-0.4, -0.2) is 36.5 Å². The molecule has 7 heteroatoms. The first-order chi connectivity index (χ1) is 11.8. The maximum atomic E-state index is 8.73. The molecule has 0 bridgehead atoms. The van der Waals surface area contributed by atoms with Crippen LogP contribution >= 0.6 is 23.9 Å². The molecule has 0 fully saturated rings. The van der Waals surface area contributed by atoms with E-state index in [1.165, 1.54) is 11.9 Å². The van der Waals surface area contributed by atoms with Crippen molar-refractivity contribution < 1.29 is 14.9 Å². The van der Waals surface area contributed by atoms with Gasteiger partial charge >= 0.3 is 0 Å². The molecular formula is C17H22N2O3S2. The average molecular weight is 367 g/mol. The zero-order valence-corrected chi connectivity index (χ0v) is 14.9. The summed E-state index contributed by atoms with van der Waals surface area (Å²) in [4.78, 5) is 2.17. The number of benzene rings is 2. The quantitative estimate of drug-likeness (QED) is 0.360. The van der Waals surface area contributed by atoms with Gasteiger partial charge in [0.05, 0.1) is 6.61 Å². The minimum Gasteiger partial charge on any atom is -0.457 e. The number of ether oxygens (including phenoxy) is 1. The molecule has 2 aromatic carbocycles. The van der Waals surface area contributed by atoms with Gasteiger partial charge in [0, 0.05) is 29.5 Å². The maximum absolute atomic E-state index is 8.73. The highest BCUT2D eigenvalue weighted by Crippen LogP contribution is 2.26. The van der Waals surface area contributed by atoms with E-state index in [1.54, 1.807) is 11.9 Å². The summed E-state index contributed by atoms with van der Waals surface area (Å²) in [5.41, 5.74) is 0. The zero-order valence-electron chi connectivity index (χ0n) is 13.3. The Balaban J connectivity index is 1.80. The summed E-state index contributed by atoms with van der Waals surface area (Å²) < 4.78 is 12.1. The minimum atomic E-state index is 0.124. The molecule has 0 saturated carbocycles. The van der Waals surface area contributed by atoms with Gasteiger partial charge in [0.15, 0.2) is 0 Å². The molecule has 0 spiro atoms. The summed E-state index contributed by atoms with van der Waals surface area (Å²) in [6.07, 6.45) is 0.748. The highest BCUT2D eigenvalue weighted by atomic mass is 32.2. The van der Waals surface area contributed by atoms with Gasteiger partial charge in [-0.25, -0.2) is 0 Å². The first kappa shape index (κ1) is 19.1. The molecule has 0 amide bonds. The molecule has 0 atom stereocenters. The van der Waals surface area contributed by atoms with E-state index in [2.05, 4.69) is 9.44 Å². The predicted octanol–water partition coefficient (Wildman–Crippen LogP) is 3.05. The van der Waals surface area contributed by atoms with Crippen molar-refractivity contribution in [1.29, 1.82) is 0 Å². The van der Waals surface area contributed by atoms with Crippen molar-refractivity contribution in [3.63, 3.8) is 0 Å². The minimum absolute atomic E-state index is 0.124. The monoisotopic (exact) mass is 366 g/mol. The lowest BCUT2D eigenvalue weighted by Crippen LogP contribution is -2.08. The first-order valence-electron chi connectivity index (χ1n) is 7.71. The third-order valence-corrected chi connectivity index (χ3v) is 4.63. The third kappa shape index (κ3) is 7.12. The molecule has 2 aromatic rings. The fourth-order valence-electron chi connectivity index (χ4n) is 1.75. The smallest absolute Gasteiger partial charge is 0.127 e. The van der Waals surface area contributed by atoms with Crippen LogP contribution in [0.15, 0.2) is 58.3 Å². The Kier molecular flexibility index (Phi) is 9.04. The second-order valence-corrected chi connectivity index (χ2v) is 6.77. The molecule has 0 aliphatic heterocycles. The lowest BCUT2D eigenvalue weighted by molar-refractivity contribution is 0.290. The Labute approximate surface area is 151 Å². The second-order valence-electron chi connectivity index (χ2n) is 4.84. The van der Waals surface area contributed by atoms with Crippen molar-refractivity contribution in [2.45, 2.75) is 16.2 Å². The summed E-state index contributed by atoms with van der Waals surface area (Å²) in [6.45, 7) is 1.66. The Bertz CT molecular complexity index is 579. The van der Waals surface area contributed by atoms with Crippen LogP contribution in [0.5, 0.6) is 11.5 Å². The van der Waals surface area contributed by atoms with E-state index in [4.69, 9.17) is 14.9 Å². The maximum Gasteiger partial charge on any atom is 0.127 e. The van der Waals surface area contributed by atoms with Crippen molar-refractivity contribution in [2.24, 2.45) is 0 Å². The van der Waals surface area contributed by atoms with Crippen molar-refractivity contribution in [3.05, 3.63) is 48.5 Å². The van der Waals surface area contributed by atoms with Crippen LogP contribution in [0.25, 0.3) is 0 Å². The molecule has 24 heavy (non-hydrogen) atoms. The molecule has 0 heterocycles. The molecule has 0 unspecified atom stereocenters. The summed E-state index contributed by atoms with van der Waals surface area (Å²) in [6, 6.07) is 15.6. The van der Waals surface area contributed by atoms with Gasteiger partial charge < -0.3 is 14.9 Å². The van der Waals surface area contributed by atoms with Gasteiger partial charge in [-0.3, -0.25) is 9.44 Å². The fraction of sp³-hybridized carbons (Fsp3) is 0.294. The van der Waals surface area contributed by atoms with Crippen molar-refractivity contribution in [1.82, 2.24) is 9.44 Å². The van der Waals surface area contributed by atoms with Crippen LogP contribution in [0.1, 0.15) is 6.42 Å². The largest absolute Gasteiger partial charge is 0.457 e. The fourth-order valence-corrected chi connectivity index (χ4v) is 3.07. The third-order valence-electron chi connectivity index (χ3n) is 2.91. The highest BCUT2D eigenvalue weighted by molar-refractivity contribution is 7.97. The van der Waals surface area contributed by atoms with E-state index in [9.17, 15) is 0 Å². The van der Waals surface area contributed by atoms with Gasteiger partial charge in [-0.15, -0.1) is 0 Å². The molecule has 4 N–H and O–H groups in total. The number of rotatable bonds is 11. The van der Waals surface area contributed by atoms with Crippen LogP contribution in [0, 0.1) is 0 Å². The van der Waals surface area contributed by atoms with Crippen LogP contribution in [0.3, 0.4) is 0 Å². The van der Waals surface area contributed by atoms with Crippen LogP contribution in [0.4, 0.5) is 0 Å². The van der Waals surface area contributed by atoms with E-state index in [1.807, 2.05) is 48.5 Å².